The number of rotatable bonds is 5. The Morgan fingerprint density at radius 3 is 2.46 bits per heavy atom. The van der Waals surface area contributed by atoms with Gasteiger partial charge in [-0.2, -0.15) is 4.31 Å². The zero-order valence-electron chi connectivity index (χ0n) is 15.4. The molecule has 2 heterocycles. The van der Waals surface area contributed by atoms with E-state index in [2.05, 4.69) is 17.0 Å². The van der Waals surface area contributed by atoms with E-state index in [0.29, 0.717) is 19.5 Å². The zero-order valence-corrected chi connectivity index (χ0v) is 16.2. The van der Waals surface area contributed by atoms with Crippen molar-refractivity contribution in [1.29, 1.82) is 0 Å². The first-order chi connectivity index (χ1) is 12.4. The third kappa shape index (κ3) is 4.36. The Morgan fingerprint density at radius 2 is 1.85 bits per heavy atom. The summed E-state index contributed by atoms with van der Waals surface area (Å²) in [4.78, 5) is 16.6. The van der Waals surface area contributed by atoms with Crippen LogP contribution in [0.5, 0.6) is 0 Å². The number of morpholine rings is 1. The van der Waals surface area contributed by atoms with Gasteiger partial charge in [0.1, 0.15) is 6.04 Å². The average Bonchev–Trinajstić information content (AvgIpc) is 3.12. The highest BCUT2D eigenvalue weighted by molar-refractivity contribution is 7.88. The SMILES string of the molecule is CN(Cc1ccc(N2CCOCC2)cc1)C(=O)C1CCCN1S(C)(=O)=O. The molecule has 0 radical (unpaired) electrons. The minimum atomic E-state index is -3.35. The maximum absolute atomic E-state index is 12.7. The number of anilines is 1. The van der Waals surface area contributed by atoms with Crippen molar-refractivity contribution < 1.29 is 17.9 Å². The molecule has 0 N–H and O–H groups in total. The molecule has 0 aromatic heterocycles. The summed E-state index contributed by atoms with van der Waals surface area (Å²) in [6.45, 7) is 4.17. The molecule has 2 saturated heterocycles. The van der Waals surface area contributed by atoms with E-state index in [9.17, 15) is 13.2 Å². The molecule has 0 saturated carbocycles. The number of carbonyl (C=O) groups excluding carboxylic acids is 1. The van der Waals surface area contributed by atoms with E-state index in [4.69, 9.17) is 4.74 Å². The number of nitrogens with zero attached hydrogens (tertiary/aromatic N) is 3. The third-order valence-corrected chi connectivity index (χ3v) is 6.31. The van der Waals surface area contributed by atoms with E-state index in [1.807, 2.05) is 12.1 Å². The Hall–Kier alpha value is -1.64. The molecular formula is C18H27N3O4S. The van der Waals surface area contributed by atoms with Gasteiger partial charge >= 0.3 is 0 Å². The summed E-state index contributed by atoms with van der Waals surface area (Å²) in [5.74, 6) is -0.134. The van der Waals surface area contributed by atoms with Crippen molar-refractivity contribution in [3.8, 4) is 0 Å². The number of carbonyl (C=O) groups is 1. The lowest BCUT2D eigenvalue weighted by Crippen LogP contribution is -2.45. The van der Waals surface area contributed by atoms with Crippen LogP contribution in [0.4, 0.5) is 5.69 Å². The van der Waals surface area contributed by atoms with Gasteiger partial charge in [-0.3, -0.25) is 4.79 Å². The van der Waals surface area contributed by atoms with E-state index in [1.165, 1.54) is 10.6 Å². The second-order valence-corrected chi connectivity index (χ2v) is 8.93. The molecule has 26 heavy (non-hydrogen) atoms. The van der Waals surface area contributed by atoms with Crippen LogP contribution in [0, 0.1) is 0 Å². The lowest BCUT2D eigenvalue weighted by molar-refractivity contribution is -0.133. The summed E-state index contributed by atoms with van der Waals surface area (Å²) in [7, 11) is -1.62. The molecule has 1 aromatic rings. The maximum Gasteiger partial charge on any atom is 0.241 e. The van der Waals surface area contributed by atoms with Crippen LogP contribution in [-0.2, 0) is 26.1 Å². The van der Waals surface area contributed by atoms with E-state index < -0.39 is 16.1 Å². The Morgan fingerprint density at radius 1 is 1.19 bits per heavy atom. The molecule has 0 spiro atoms. The smallest absolute Gasteiger partial charge is 0.241 e. The first-order valence-electron chi connectivity index (χ1n) is 9.00. The van der Waals surface area contributed by atoms with Gasteiger partial charge in [0.05, 0.1) is 19.5 Å². The average molecular weight is 381 g/mol. The highest BCUT2D eigenvalue weighted by atomic mass is 32.2. The van der Waals surface area contributed by atoms with Gasteiger partial charge in [0.2, 0.25) is 15.9 Å². The Balaban J connectivity index is 1.62. The molecule has 2 aliphatic rings. The van der Waals surface area contributed by atoms with Crippen LogP contribution >= 0.6 is 0 Å². The van der Waals surface area contributed by atoms with Crippen molar-refractivity contribution >= 4 is 21.6 Å². The molecule has 1 amide bonds. The van der Waals surface area contributed by atoms with Gasteiger partial charge < -0.3 is 14.5 Å². The standard InChI is InChI=1S/C18H27N3O4S/c1-19(18(22)17-4-3-9-21(17)26(2,23)24)14-15-5-7-16(8-6-15)20-10-12-25-13-11-20/h5-8,17H,3-4,9-14H2,1-2H3. The second-order valence-electron chi connectivity index (χ2n) is 6.99. The number of amides is 1. The monoisotopic (exact) mass is 381 g/mol. The number of sulfonamides is 1. The molecule has 144 valence electrons. The molecule has 0 bridgehead atoms. The second kappa shape index (κ2) is 7.94. The lowest BCUT2D eigenvalue weighted by Gasteiger charge is -2.29. The number of likely N-dealkylation sites (N-methyl/N-ethyl adjacent to an activating group) is 1. The zero-order chi connectivity index (χ0) is 18.7. The predicted molar refractivity (Wildman–Crippen MR) is 101 cm³/mol. The molecule has 2 aliphatic heterocycles. The third-order valence-electron chi connectivity index (χ3n) is 5.02. The Bertz CT molecular complexity index is 729. The fourth-order valence-corrected chi connectivity index (χ4v) is 4.74. The summed E-state index contributed by atoms with van der Waals surface area (Å²) >= 11 is 0. The lowest BCUT2D eigenvalue weighted by atomic mass is 10.1. The van der Waals surface area contributed by atoms with Crippen LogP contribution in [0.3, 0.4) is 0 Å². The number of hydrogen-bond donors (Lipinski definition) is 0. The van der Waals surface area contributed by atoms with Gasteiger partial charge in [-0.15, -0.1) is 0 Å². The molecular weight excluding hydrogens is 354 g/mol. The summed E-state index contributed by atoms with van der Waals surface area (Å²) < 4.78 is 30.4. The van der Waals surface area contributed by atoms with Crippen molar-refractivity contribution in [1.82, 2.24) is 9.21 Å². The topological polar surface area (TPSA) is 70.2 Å². The van der Waals surface area contributed by atoms with Crippen molar-refractivity contribution in [2.75, 3.05) is 51.1 Å². The highest BCUT2D eigenvalue weighted by Crippen LogP contribution is 2.23. The summed E-state index contributed by atoms with van der Waals surface area (Å²) in [5, 5.41) is 0. The summed E-state index contributed by atoms with van der Waals surface area (Å²) in [6.07, 6.45) is 2.49. The molecule has 3 rings (SSSR count). The van der Waals surface area contributed by atoms with Crippen LogP contribution in [-0.4, -0.2) is 75.7 Å². The van der Waals surface area contributed by atoms with Crippen LogP contribution in [0.2, 0.25) is 0 Å². The summed E-state index contributed by atoms with van der Waals surface area (Å²) in [6, 6.07) is 7.62. The van der Waals surface area contributed by atoms with Gasteiger partial charge in [-0.05, 0) is 30.5 Å². The Kier molecular flexibility index (Phi) is 5.84. The fourth-order valence-electron chi connectivity index (χ4n) is 3.62. The number of ether oxygens (including phenoxy) is 1. The van der Waals surface area contributed by atoms with E-state index in [0.717, 1.165) is 44.0 Å². The highest BCUT2D eigenvalue weighted by Gasteiger charge is 2.37. The first-order valence-corrected chi connectivity index (χ1v) is 10.8. The van der Waals surface area contributed by atoms with Crippen LogP contribution in [0.1, 0.15) is 18.4 Å². The largest absolute Gasteiger partial charge is 0.378 e. The van der Waals surface area contributed by atoms with Crippen molar-refractivity contribution in [3.63, 3.8) is 0 Å². The minimum absolute atomic E-state index is 0.134. The van der Waals surface area contributed by atoms with Crippen molar-refractivity contribution in [2.45, 2.75) is 25.4 Å². The van der Waals surface area contributed by atoms with E-state index in [1.54, 1.807) is 11.9 Å². The summed E-state index contributed by atoms with van der Waals surface area (Å²) in [5.41, 5.74) is 2.19. The fraction of sp³-hybridized carbons (Fsp3) is 0.611. The maximum atomic E-state index is 12.7. The molecule has 7 nitrogen and oxygen atoms in total. The van der Waals surface area contributed by atoms with Gasteiger partial charge in [0.15, 0.2) is 0 Å². The van der Waals surface area contributed by atoms with Crippen LogP contribution < -0.4 is 4.90 Å². The van der Waals surface area contributed by atoms with Crippen LogP contribution in [0.25, 0.3) is 0 Å². The van der Waals surface area contributed by atoms with E-state index in [-0.39, 0.29) is 5.91 Å². The van der Waals surface area contributed by atoms with Crippen LogP contribution in [0.15, 0.2) is 24.3 Å². The van der Waals surface area contributed by atoms with Gasteiger partial charge in [-0.1, -0.05) is 12.1 Å². The quantitative estimate of drug-likeness (QED) is 0.758. The first kappa shape index (κ1) is 19.1. The molecule has 8 heteroatoms. The minimum Gasteiger partial charge on any atom is -0.378 e. The molecule has 2 fully saturated rings. The van der Waals surface area contributed by atoms with Crippen molar-refractivity contribution in [3.05, 3.63) is 29.8 Å². The normalized spacial score (nSPS) is 21.8. The molecule has 1 aromatic carbocycles. The predicted octanol–water partition coefficient (Wildman–Crippen LogP) is 0.906. The van der Waals surface area contributed by atoms with Crippen molar-refractivity contribution in [2.24, 2.45) is 0 Å². The molecule has 0 aliphatic carbocycles. The van der Waals surface area contributed by atoms with Gasteiger partial charge in [0, 0.05) is 38.9 Å². The van der Waals surface area contributed by atoms with Gasteiger partial charge in [0.25, 0.3) is 0 Å². The molecule has 1 unspecified atom stereocenters. The number of benzene rings is 1. The Labute approximate surface area is 155 Å². The molecule has 1 atom stereocenters. The van der Waals surface area contributed by atoms with Gasteiger partial charge in [-0.25, -0.2) is 8.42 Å². The number of hydrogen-bond acceptors (Lipinski definition) is 5. The van der Waals surface area contributed by atoms with E-state index >= 15 is 0 Å².